The summed E-state index contributed by atoms with van der Waals surface area (Å²) in [6.07, 6.45) is 1.70. The molecule has 0 spiro atoms. The van der Waals surface area contributed by atoms with E-state index in [1.807, 2.05) is 6.07 Å². The molecule has 0 aliphatic carbocycles. The van der Waals surface area contributed by atoms with Crippen molar-refractivity contribution in [2.45, 2.75) is 14.0 Å². The predicted molar refractivity (Wildman–Crippen MR) is 154 cm³/mol. The molecule has 0 radical (unpaired) electrons. The molecule has 5 rings (SSSR count). The van der Waals surface area contributed by atoms with E-state index in [4.69, 9.17) is 21.6 Å². The van der Waals surface area contributed by atoms with Gasteiger partial charge in [0.1, 0.15) is 5.82 Å². The monoisotopic (exact) mass is 546 g/mol. The molecule has 0 saturated heterocycles. The zero-order chi connectivity index (χ0) is 26.6. The van der Waals surface area contributed by atoms with E-state index >= 15 is 4.39 Å². The van der Waals surface area contributed by atoms with Gasteiger partial charge in [0.25, 0.3) is 5.91 Å². The van der Waals surface area contributed by atoms with Crippen LogP contribution in [0.2, 0.25) is 5.02 Å². The normalized spacial score (nSPS) is 11.7. The number of fused-ring (bicyclic) bond motifs is 3. The lowest BCUT2D eigenvalue weighted by atomic mass is 9.94. The van der Waals surface area contributed by atoms with Gasteiger partial charge in [-0.3, -0.25) is 9.79 Å². The van der Waals surface area contributed by atoms with Crippen molar-refractivity contribution in [3.8, 4) is 11.3 Å². The maximum atomic E-state index is 15.2. The lowest BCUT2D eigenvalue weighted by Gasteiger charge is -2.16. The van der Waals surface area contributed by atoms with Crippen LogP contribution >= 0.6 is 11.6 Å². The number of amides is 1. The van der Waals surface area contributed by atoms with Crippen molar-refractivity contribution in [1.82, 2.24) is 15.3 Å². The van der Waals surface area contributed by atoms with E-state index in [-0.39, 0.29) is 33.0 Å². The Kier molecular flexibility index (Phi) is 8.53. The van der Waals surface area contributed by atoms with Crippen molar-refractivity contribution in [2.75, 3.05) is 30.8 Å². The molecule has 1 amide bonds. The summed E-state index contributed by atoms with van der Waals surface area (Å²) in [5.41, 5.74) is 5.27. The molecule has 0 saturated carbocycles. The molecule has 1 aliphatic rings. The number of nitrogens with zero attached hydrogens (tertiary/aromatic N) is 3. The summed E-state index contributed by atoms with van der Waals surface area (Å²) in [6, 6.07) is 17.0. The van der Waals surface area contributed by atoms with Crippen molar-refractivity contribution in [1.29, 1.82) is 0 Å². The van der Waals surface area contributed by atoms with Gasteiger partial charge >= 0.3 is 0 Å². The second-order valence-electron chi connectivity index (χ2n) is 8.52. The van der Waals surface area contributed by atoms with Crippen LogP contribution in [0, 0.1) is 5.82 Å². The highest BCUT2D eigenvalue weighted by molar-refractivity contribution is 6.32. The number of aliphatic hydroxyl groups excluding tert-OH is 1. The molecule has 2 heterocycles. The fraction of sp³-hybridized carbons (Fsp3) is 0.172. The van der Waals surface area contributed by atoms with Gasteiger partial charge in [0.15, 0.2) is 0 Å². The molecule has 1 aliphatic heterocycles. The third-order valence-electron chi connectivity index (χ3n) is 6.07. The van der Waals surface area contributed by atoms with Crippen LogP contribution < -0.4 is 16.0 Å². The Morgan fingerprint density at radius 3 is 2.64 bits per heavy atom. The van der Waals surface area contributed by atoms with Crippen LogP contribution in [0.25, 0.3) is 11.3 Å². The van der Waals surface area contributed by atoms with Gasteiger partial charge in [0.2, 0.25) is 5.95 Å². The van der Waals surface area contributed by atoms with Crippen molar-refractivity contribution in [3.63, 3.8) is 0 Å². The molecular weight excluding hydrogens is 519 g/mol. The minimum Gasteiger partial charge on any atom is -0.395 e. The number of aliphatic imine (C=N–C) groups is 1. The third-order valence-corrected chi connectivity index (χ3v) is 6.31. The molecule has 200 valence electrons. The van der Waals surface area contributed by atoms with Crippen molar-refractivity contribution < 1.29 is 14.3 Å². The molecule has 0 fully saturated rings. The standard InChI is InChI=1S/C28H24ClFN6O2.CH4/c1-31-27(38)16-5-8-19(9-6-16)35-28-34-15-17-14-33-26(21-13-18(29)7-10-20(21)25(17)36-28)24-22(30)3-2-4-23(24)32-11-12-37;/h2-10,13,15,32,37H,11-12,14H2,1H3,(H,31,38)(H,34,35,36);1H4. The number of carbonyl (C=O) groups excluding carboxylic acids is 1. The number of hydrogen-bond donors (Lipinski definition) is 4. The summed E-state index contributed by atoms with van der Waals surface area (Å²) in [5, 5.41) is 18.6. The van der Waals surface area contributed by atoms with E-state index in [1.54, 1.807) is 61.8 Å². The van der Waals surface area contributed by atoms with E-state index in [0.717, 1.165) is 11.1 Å². The van der Waals surface area contributed by atoms with Gasteiger partial charge in [-0.15, -0.1) is 0 Å². The van der Waals surface area contributed by atoms with Gasteiger partial charge in [-0.1, -0.05) is 31.2 Å². The molecule has 1 aromatic heterocycles. The molecule has 3 aromatic carbocycles. The zero-order valence-electron chi connectivity index (χ0n) is 20.4. The van der Waals surface area contributed by atoms with Crippen molar-refractivity contribution in [3.05, 3.63) is 100.0 Å². The SMILES string of the molecule is C.CNC(=O)c1ccc(Nc2ncc3c(n2)-c2ccc(Cl)cc2C(c2c(F)cccc2NCCO)=NC3)cc1. The Labute approximate surface area is 231 Å². The predicted octanol–water partition coefficient (Wildman–Crippen LogP) is 5.43. The van der Waals surface area contributed by atoms with E-state index < -0.39 is 5.82 Å². The fourth-order valence-electron chi connectivity index (χ4n) is 4.28. The average Bonchev–Trinajstić information content (AvgIpc) is 3.08. The Morgan fingerprint density at radius 1 is 1.10 bits per heavy atom. The topological polar surface area (TPSA) is 112 Å². The summed E-state index contributed by atoms with van der Waals surface area (Å²) in [7, 11) is 1.58. The number of halogens is 2. The Hall–Kier alpha value is -4.34. The maximum absolute atomic E-state index is 15.2. The number of benzene rings is 3. The quantitative estimate of drug-likeness (QED) is 0.246. The fourth-order valence-corrected chi connectivity index (χ4v) is 4.45. The first-order chi connectivity index (χ1) is 18.5. The first kappa shape index (κ1) is 27.7. The summed E-state index contributed by atoms with van der Waals surface area (Å²) >= 11 is 6.39. The van der Waals surface area contributed by atoms with Gasteiger partial charge in [0.05, 0.1) is 30.1 Å². The first-order valence-electron chi connectivity index (χ1n) is 11.9. The second kappa shape index (κ2) is 12.0. The second-order valence-corrected chi connectivity index (χ2v) is 8.95. The molecule has 10 heteroatoms. The highest BCUT2D eigenvalue weighted by Gasteiger charge is 2.25. The number of nitrogens with one attached hydrogen (secondary N) is 3. The van der Waals surface area contributed by atoms with E-state index in [0.29, 0.717) is 50.4 Å². The highest BCUT2D eigenvalue weighted by Crippen LogP contribution is 2.35. The van der Waals surface area contributed by atoms with Gasteiger partial charge in [0, 0.05) is 58.4 Å². The summed E-state index contributed by atoms with van der Waals surface area (Å²) < 4.78 is 15.2. The molecule has 0 bridgehead atoms. The molecule has 8 nitrogen and oxygen atoms in total. The van der Waals surface area contributed by atoms with Crippen LogP contribution in [-0.2, 0) is 6.54 Å². The summed E-state index contributed by atoms with van der Waals surface area (Å²) in [5.74, 6) is -0.261. The lowest BCUT2D eigenvalue weighted by molar-refractivity contribution is 0.0963. The first-order valence-corrected chi connectivity index (χ1v) is 12.3. The van der Waals surface area contributed by atoms with E-state index in [1.165, 1.54) is 6.07 Å². The number of rotatable bonds is 7. The molecule has 4 N–H and O–H groups in total. The van der Waals surface area contributed by atoms with Gasteiger partial charge < -0.3 is 21.1 Å². The lowest BCUT2D eigenvalue weighted by Crippen LogP contribution is -2.17. The van der Waals surface area contributed by atoms with Gasteiger partial charge in [-0.05, 0) is 48.5 Å². The number of carbonyl (C=O) groups is 1. The minimum atomic E-state index is -0.447. The van der Waals surface area contributed by atoms with E-state index in [2.05, 4.69) is 20.9 Å². The van der Waals surface area contributed by atoms with Crippen LogP contribution in [0.3, 0.4) is 0 Å². The summed E-state index contributed by atoms with van der Waals surface area (Å²) in [4.78, 5) is 25.8. The van der Waals surface area contributed by atoms with Gasteiger partial charge in [-0.2, -0.15) is 0 Å². The van der Waals surface area contributed by atoms with Crippen molar-refractivity contribution >= 4 is 40.5 Å². The highest BCUT2D eigenvalue weighted by atomic mass is 35.5. The third kappa shape index (κ3) is 5.74. The van der Waals surface area contributed by atoms with Crippen LogP contribution in [-0.4, -0.2) is 46.9 Å². The maximum Gasteiger partial charge on any atom is 0.251 e. The van der Waals surface area contributed by atoms with Crippen LogP contribution in [0.4, 0.5) is 21.7 Å². The number of aliphatic hydroxyl groups is 1. The molecule has 39 heavy (non-hydrogen) atoms. The largest absolute Gasteiger partial charge is 0.395 e. The van der Waals surface area contributed by atoms with Crippen molar-refractivity contribution in [2.24, 2.45) is 4.99 Å². The number of aromatic nitrogens is 2. The van der Waals surface area contributed by atoms with Crippen LogP contribution in [0.15, 0.2) is 71.9 Å². The zero-order valence-corrected chi connectivity index (χ0v) is 21.2. The Balaban J connectivity index is 0.00000353. The van der Waals surface area contributed by atoms with E-state index in [9.17, 15) is 9.90 Å². The molecule has 0 unspecified atom stereocenters. The Morgan fingerprint density at radius 2 is 1.90 bits per heavy atom. The number of anilines is 3. The minimum absolute atomic E-state index is 0. The Bertz CT molecular complexity index is 1540. The van der Waals surface area contributed by atoms with Crippen LogP contribution in [0.1, 0.15) is 34.5 Å². The average molecular weight is 547 g/mol. The molecule has 0 atom stereocenters. The summed E-state index contributed by atoms with van der Waals surface area (Å²) in [6.45, 7) is 0.388. The van der Waals surface area contributed by atoms with Gasteiger partial charge in [-0.25, -0.2) is 14.4 Å². The number of hydrogen-bond acceptors (Lipinski definition) is 7. The smallest absolute Gasteiger partial charge is 0.251 e. The van der Waals surface area contributed by atoms with Crippen LogP contribution in [0.5, 0.6) is 0 Å². The molecular formula is C29H28ClFN6O2. The molecule has 4 aromatic rings.